The standard InChI is InChI=1S/C16H23N3O2/c17-16(20)13-1-2-14-12(11-13)4-10-21-15(14)3-7-19-8-5-18-6-9-19/h1-2,11,15,18H,3-10H2,(H2,17,20). The highest BCUT2D eigenvalue weighted by Crippen LogP contribution is 2.30. The van der Waals surface area contributed by atoms with Crippen LogP contribution < -0.4 is 11.1 Å². The van der Waals surface area contributed by atoms with E-state index in [1.165, 1.54) is 11.1 Å². The lowest BCUT2D eigenvalue weighted by atomic mass is 9.93. The minimum absolute atomic E-state index is 0.144. The van der Waals surface area contributed by atoms with E-state index in [1.807, 2.05) is 18.2 Å². The van der Waals surface area contributed by atoms with Crippen molar-refractivity contribution >= 4 is 5.91 Å². The summed E-state index contributed by atoms with van der Waals surface area (Å²) in [5.74, 6) is -0.360. The number of nitrogens with one attached hydrogen (secondary N) is 1. The molecular weight excluding hydrogens is 266 g/mol. The second-order valence-corrected chi connectivity index (χ2v) is 5.77. The highest BCUT2D eigenvalue weighted by molar-refractivity contribution is 5.93. The van der Waals surface area contributed by atoms with Gasteiger partial charge in [0.1, 0.15) is 0 Å². The van der Waals surface area contributed by atoms with Crippen LogP contribution in [0.1, 0.15) is 34.0 Å². The van der Waals surface area contributed by atoms with Gasteiger partial charge in [0.25, 0.3) is 0 Å². The molecule has 0 bridgehead atoms. The summed E-state index contributed by atoms with van der Waals surface area (Å²) in [7, 11) is 0. The zero-order valence-electron chi connectivity index (χ0n) is 12.3. The van der Waals surface area contributed by atoms with E-state index < -0.39 is 0 Å². The molecule has 3 rings (SSSR count). The number of ether oxygens (including phenoxy) is 1. The third-order valence-electron chi connectivity index (χ3n) is 4.38. The van der Waals surface area contributed by atoms with Gasteiger partial charge in [0.15, 0.2) is 0 Å². The molecule has 0 aromatic heterocycles. The van der Waals surface area contributed by atoms with Crippen LogP contribution in [0.25, 0.3) is 0 Å². The number of fused-ring (bicyclic) bond motifs is 1. The summed E-state index contributed by atoms with van der Waals surface area (Å²) in [6.07, 6.45) is 2.01. The van der Waals surface area contributed by atoms with E-state index in [0.717, 1.165) is 52.2 Å². The second-order valence-electron chi connectivity index (χ2n) is 5.77. The fourth-order valence-corrected chi connectivity index (χ4v) is 3.16. The molecule has 1 aromatic rings. The van der Waals surface area contributed by atoms with E-state index in [1.54, 1.807) is 0 Å². The van der Waals surface area contributed by atoms with E-state index in [2.05, 4.69) is 10.2 Å². The number of carbonyl (C=O) groups is 1. The predicted octanol–water partition coefficient (Wildman–Crippen LogP) is 0.695. The van der Waals surface area contributed by atoms with Crippen molar-refractivity contribution in [1.29, 1.82) is 0 Å². The molecule has 5 heteroatoms. The Balaban J connectivity index is 1.67. The van der Waals surface area contributed by atoms with Gasteiger partial charge in [-0.1, -0.05) is 6.07 Å². The SMILES string of the molecule is NC(=O)c1ccc2c(c1)CCOC2CCN1CCNCC1. The zero-order valence-corrected chi connectivity index (χ0v) is 12.3. The van der Waals surface area contributed by atoms with Crippen LogP contribution in [0.3, 0.4) is 0 Å². The minimum atomic E-state index is -0.360. The smallest absolute Gasteiger partial charge is 0.248 e. The fraction of sp³-hybridized carbons (Fsp3) is 0.562. The van der Waals surface area contributed by atoms with Gasteiger partial charge in [-0.3, -0.25) is 4.79 Å². The first-order valence-corrected chi connectivity index (χ1v) is 7.71. The molecule has 2 aliphatic heterocycles. The van der Waals surface area contributed by atoms with Gasteiger partial charge in [0.05, 0.1) is 12.7 Å². The number of hydrogen-bond acceptors (Lipinski definition) is 4. The van der Waals surface area contributed by atoms with Gasteiger partial charge < -0.3 is 20.7 Å². The van der Waals surface area contributed by atoms with Crippen LogP contribution in [0.15, 0.2) is 18.2 Å². The van der Waals surface area contributed by atoms with Crippen molar-refractivity contribution in [3.05, 3.63) is 34.9 Å². The van der Waals surface area contributed by atoms with E-state index >= 15 is 0 Å². The van der Waals surface area contributed by atoms with Gasteiger partial charge in [-0.05, 0) is 36.1 Å². The number of amides is 1. The monoisotopic (exact) mass is 289 g/mol. The summed E-state index contributed by atoms with van der Waals surface area (Å²) in [4.78, 5) is 13.8. The molecule has 0 radical (unpaired) electrons. The van der Waals surface area contributed by atoms with Crippen molar-refractivity contribution in [1.82, 2.24) is 10.2 Å². The quantitative estimate of drug-likeness (QED) is 0.856. The molecule has 5 nitrogen and oxygen atoms in total. The number of rotatable bonds is 4. The molecule has 21 heavy (non-hydrogen) atoms. The lowest BCUT2D eigenvalue weighted by Crippen LogP contribution is -2.44. The van der Waals surface area contributed by atoms with Crippen LogP contribution >= 0.6 is 0 Å². The third kappa shape index (κ3) is 3.43. The van der Waals surface area contributed by atoms with Gasteiger partial charge in [0.2, 0.25) is 5.91 Å². The van der Waals surface area contributed by atoms with E-state index in [-0.39, 0.29) is 12.0 Å². The number of primary amides is 1. The van der Waals surface area contributed by atoms with Crippen LogP contribution in [0.4, 0.5) is 0 Å². The van der Waals surface area contributed by atoms with Crippen LogP contribution in [-0.4, -0.2) is 50.1 Å². The van der Waals surface area contributed by atoms with Crippen LogP contribution in [0, 0.1) is 0 Å². The average Bonchev–Trinajstić information content (AvgIpc) is 2.53. The van der Waals surface area contributed by atoms with E-state index in [4.69, 9.17) is 10.5 Å². The van der Waals surface area contributed by atoms with Crippen molar-refractivity contribution in [3.8, 4) is 0 Å². The number of nitrogens with zero attached hydrogens (tertiary/aromatic N) is 1. The van der Waals surface area contributed by atoms with Crippen molar-refractivity contribution in [2.24, 2.45) is 5.73 Å². The Labute approximate surface area is 125 Å². The highest BCUT2D eigenvalue weighted by atomic mass is 16.5. The lowest BCUT2D eigenvalue weighted by Gasteiger charge is -2.31. The summed E-state index contributed by atoms with van der Waals surface area (Å²) >= 11 is 0. The van der Waals surface area contributed by atoms with Crippen LogP contribution in [0.5, 0.6) is 0 Å². The first-order valence-electron chi connectivity index (χ1n) is 7.71. The number of hydrogen-bond donors (Lipinski definition) is 2. The maximum absolute atomic E-state index is 11.3. The Morgan fingerprint density at radius 1 is 1.38 bits per heavy atom. The Morgan fingerprint density at radius 3 is 2.95 bits per heavy atom. The van der Waals surface area contributed by atoms with Crippen LogP contribution in [-0.2, 0) is 11.2 Å². The molecule has 0 aliphatic carbocycles. The summed E-state index contributed by atoms with van der Waals surface area (Å²) < 4.78 is 5.94. The summed E-state index contributed by atoms with van der Waals surface area (Å²) in [6.45, 7) is 6.15. The van der Waals surface area contributed by atoms with Gasteiger partial charge in [-0.15, -0.1) is 0 Å². The maximum Gasteiger partial charge on any atom is 0.248 e. The Hall–Kier alpha value is -1.43. The fourth-order valence-electron chi connectivity index (χ4n) is 3.16. The van der Waals surface area contributed by atoms with E-state index in [9.17, 15) is 4.79 Å². The summed E-state index contributed by atoms with van der Waals surface area (Å²) in [5.41, 5.74) is 8.38. The van der Waals surface area contributed by atoms with Crippen LogP contribution in [0.2, 0.25) is 0 Å². The average molecular weight is 289 g/mol. The number of carbonyl (C=O) groups excluding carboxylic acids is 1. The molecule has 3 N–H and O–H groups in total. The second kappa shape index (κ2) is 6.56. The number of benzene rings is 1. The van der Waals surface area contributed by atoms with Gasteiger partial charge in [-0.25, -0.2) is 0 Å². The van der Waals surface area contributed by atoms with Gasteiger partial charge in [0, 0.05) is 38.3 Å². The zero-order chi connectivity index (χ0) is 14.7. The molecule has 1 saturated heterocycles. The topological polar surface area (TPSA) is 67.6 Å². The summed E-state index contributed by atoms with van der Waals surface area (Å²) in [6, 6.07) is 5.75. The Bertz CT molecular complexity index is 512. The molecule has 1 atom stereocenters. The maximum atomic E-state index is 11.3. The van der Waals surface area contributed by atoms with Crippen molar-refractivity contribution < 1.29 is 9.53 Å². The molecule has 2 aliphatic rings. The first kappa shape index (κ1) is 14.5. The van der Waals surface area contributed by atoms with Crippen molar-refractivity contribution in [2.75, 3.05) is 39.3 Å². The Kier molecular flexibility index (Phi) is 4.53. The van der Waals surface area contributed by atoms with Crippen molar-refractivity contribution in [2.45, 2.75) is 18.9 Å². The van der Waals surface area contributed by atoms with Crippen molar-refractivity contribution in [3.63, 3.8) is 0 Å². The number of nitrogens with two attached hydrogens (primary N) is 1. The molecule has 0 saturated carbocycles. The Morgan fingerprint density at radius 2 is 2.19 bits per heavy atom. The molecule has 1 aromatic carbocycles. The first-order chi connectivity index (χ1) is 10.2. The summed E-state index contributed by atoms with van der Waals surface area (Å²) in [5, 5.41) is 3.37. The molecule has 1 unspecified atom stereocenters. The third-order valence-corrected chi connectivity index (χ3v) is 4.38. The molecule has 1 fully saturated rings. The molecule has 0 spiro atoms. The normalized spacial score (nSPS) is 22.8. The van der Waals surface area contributed by atoms with E-state index in [0.29, 0.717) is 5.56 Å². The highest BCUT2D eigenvalue weighted by Gasteiger charge is 2.22. The number of piperazine rings is 1. The molecule has 114 valence electrons. The lowest BCUT2D eigenvalue weighted by molar-refractivity contribution is 0.0284. The van der Waals surface area contributed by atoms with Gasteiger partial charge in [-0.2, -0.15) is 0 Å². The molecule has 2 heterocycles. The van der Waals surface area contributed by atoms with Gasteiger partial charge >= 0.3 is 0 Å². The molecular formula is C16H23N3O2. The largest absolute Gasteiger partial charge is 0.373 e. The molecule has 1 amide bonds. The minimum Gasteiger partial charge on any atom is -0.373 e. The predicted molar refractivity (Wildman–Crippen MR) is 81.3 cm³/mol.